The summed E-state index contributed by atoms with van der Waals surface area (Å²) in [5, 5.41) is 11.1. The van der Waals surface area contributed by atoms with Gasteiger partial charge in [0.05, 0.1) is 15.8 Å². The van der Waals surface area contributed by atoms with Gasteiger partial charge in [-0.25, -0.2) is 13.8 Å². The number of halogens is 4. The average molecular weight is 512 g/mol. The number of anilines is 2. The molecule has 0 aliphatic carbocycles. The van der Waals surface area contributed by atoms with Crippen molar-refractivity contribution in [2.45, 2.75) is 26.4 Å². The second-order valence-electron chi connectivity index (χ2n) is 6.01. The van der Waals surface area contributed by atoms with E-state index >= 15 is 0 Å². The minimum atomic E-state index is -1.13. The van der Waals surface area contributed by atoms with Gasteiger partial charge in [-0.1, -0.05) is 0 Å². The van der Waals surface area contributed by atoms with Crippen LogP contribution in [0.2, 0.25) is 0 Å². The molecule has 0 unspecified atom stereocenters. The average Bonchev–Trinajstić information content (AvgIpc) is 2.47. The van der Waals surface area contributed by atoms with Crippen LogP contribution in [0.3, 0.4) is 0 Å². The minimum absolute atomic E-state index is 0.0329. The summed E-state index contributed by atoms with van der Waals surface area (Å²) >= 11 is 5.14. The maximum absolute atomic E-state index is 14.4. The van der Waals surface area contributed by atoms with Crippen LogP contribution in [0, 0.1) is 22.1 Å². The number of hydrogen-bond acceptors (Lipinski definition) is 3. The molecule has 0 aliphatic heterocycles. The van der Waals surface area contributed by atoms with E-state index in [4.69, 9.17) is 4.84 Å². The van der Waals surface area contributed by atoms with E-state index in [2.05, 4.69) is 38.5 Å². The molecule has 0 aromatic heterocycles. The first kappa shape index (κ1) is 19.6. The molecule has 1 N–H and O–H groups in total. The lowest BCUT2D eigenvalue weighted by atomic mass is 10.1. The monoisotopic (exact) mass is 511 g/mol. The second-order valence-corrected chi connectivity index (χ2v) is 8.11. The van der Waals surface area contributed by atoms with E-state index in [0.29, 0.717) is 5.69 Å². The molecule has 0 bridgehead atoms. The second kappa shape index (κ2) is 7.63. The Morgan fingerprint density at radius 1 is 1.17 bits per heavy atom. The zero-order chi connectivity index (χ0) is 18.1. The number of nitrogens with zero attached hydrogens (tertiary/aromatic N) is 1. The van der Waals surface area contributed by atoms with Crippen molar-refractivity contribution in [3.63, 3.8) is 0 Å². The number of hydrogen-bond donors (Lipinski definition) is 1. The van der Waals surface area contributed by atoms with Gasteiger partial charge in [-0.15, -0.1) is 0 Å². The fourth-order valence-electron chi connectivity index (χ4n) is 2.01. The molecular weight excluding hydrogens is 495 g/mol. The zero-order valence-corrected chi connectivity index (χ0v) is 17.2. The first-order valence-corrected chi connectivity index (χ1v) is 9.02. The predicted molar refractivity (Wildman–Crippen MR) is 102 cm³/mol. The Hall–Kier alpha value is -0.770. The Kier molecular flexibility index (Phi) is 6.22. The fourth-order valence-corrected chi connectivity index (χ4v) is 2.96. The molecule has 0 atom stereocenters. The van der Waals surface area contributed by atoms with Gasteiger partial charge in [0.25, 0.3) is 0 Å². The maximum Gasteiger partial charge on any atom is 0.186 e. The summed E-state index contributed by atoms with van der Waals surface area (Å²) in [4.78, 5) is 5.63. The van der Waals surface area contributed by atoms with Crippen molar-refractivity contribution in [2.75, 3.05) is 11.7 Å². The standard InChI is InChI=1S/C17H17BrF2INO2/c1-10-8-11(21)4-6-13(10)22(24-9-17(2,3)23)14-7-5-12(18)15(19)16(14)20/h4-8,23H,9H2,1-3H3. The third-order valence-corrected chi connectivity index (χ3v) is 4.44. The van der Waals surface area contributed by atoms with Crippen LogP contribution in [0.25, 0.3) is 0 Å². The summed E-state index contributed by atoms with van der Waals surface area (Å²) in [7, 11) is 0. The van der Waals surface area contributed by atoms with Crippen molar-refractivity contribution in [3.05, 3.63) is 55.6 Å². The predicted octanol–water partition coefficient (Wildman–Crippen LogP) is 5.48. The molecule has 0 saturated carbocycles. The van der Waals surface area contributed by atoms with Crippen LogP contribution in [-0.2, 0) is 4.84 Å². The van der Waals surface area contributed by atoms with E-state index in [1.165, 1.54) is 17.2 Å². The van der Waals surface area contributed by atoms with Gasteiger partial charge >= 0.3 is 0 Å². The van der Waals surface area contributed by atoms with Crippen molar-refractivity contribution < 1.29 is 18.7 Å². The van der Waals surface area contributed by atoms with Gasteiger partial charge in [-0.3, -0.25) is 4.84 Å². The summed E-state index contributed by atoms with van der Waals surface area (Å²) in [6.45, 7) is 4.91. The lowest BCUT2D eigenvalue weighted by molar-refractivity contribution is -0.0214. The van der Waals surface area contributed by atoms with E-state index in [-0.39, 0.29) is 16.8 Å². The van der Waals surface area contributed by atoms with Gasteiger partial charge in [-0.05, 0) is 95.2 Å². The van der Waals surface area contributed by atoms with Crippen LogP contribution in [0.15, 0.2) is 34.8 Å². The number of rotatable bonds is 5. The van der Waals surface area contributed by atoms with Crippen LogP contribution in [0.4, 0.5) is 20.2 Å². The van der Waals surface area contributed by atoms with Crippen molar-refractivity contribution in [2.24, 2.45) is 0 Å². The molecular formula is C17H17BrF2INO2. The molecule has 24 heavy (non-hydrogen) atoms. The number of benzene rings is 2. The Balaban J connectivity index is 2.53. The summed E-state index contributed by atoms with van der Waals surface area (Å²) in [5.74, 6) is -2.02. The van der Waals surface area contributed by atoms with Gasteiger partial charge in [0.15, 0.2) is 11.6 Å². The van der Waals surface area contributed by atoms with E-state index < -0.39 is 17.2 Å². The van der Waals surface area contributed by atoms with Crippen molar-refractivity contribution in [1.29, 1.82) is 0 Å². The third kappa shape index (κ3) is 4.65. The Morgan fingerprint density at radius 2 is 1.79 bits per heavy atom. The van der Waals surface area contributed by atoms with Gasteiger partial charge < -0.3 is 5.11 Å². The lowest BCUT2D eigenvalue weighted by Gasteiger charge is -2.29. The highest BCUT2D eigenvalue weighted by atomic mass is 127. The molecule has 0 fully saturated rings. The Bertz CT molecular complexity index is 750. The quantitative estimate of drug-likeness (QED) is 0.328. The largest absolute Gasteiger partial charge is 0.388 e. The van der Waals surface area contributed by atoms with Crippen LogP contribution in [0.1, 0.15) is 19.4 Å². The van der Waals surface area contributed by atoms with Crippen molar-refractivity contribution in [1.82, 2.24) is 0 Å². The molecule has 0 aliphatic rings. The summed E-state index contributed by atoms with van der Waals surface area (Å²) in [6, 6.07) is 8.35. The molecule has 7 heteroatoms. The fraction of sp³-hybridized carbons (Fsp3) is 0.294. The first-order valence-electron chi connectivity index (χ1n) is 7.15. The number of aryl methyl sites for hydroxylation is 1. The van der Waals surface area contributed by atoms with Crippen LogP contribution < -0.4 is 5.06 Å². The highest BCUT2D eigenvalue weighted by molar-refractivity contribution is 14.1. The summed E-state index contributed by atoms with van der Waals surface area (Å²) in [5.41, 5.74) is 0.213. The Labute approximate surface area is 161 Å². The van der Waals surface area contributed by atoms with Crippen molar-refractivity contribution >= 4 is 49.9 Å². The van der Waals surface area contributed by atoms with Crippen molar-refractivity contribution in [3.8, 4) is 0 Å². The minimum Gasteiger partial charge on any atom is -0.388 e. The normalized spacial score (nSPS) is 11.7. The Morgan fingerprint density at radius 3 is 2.38 bits per heavy atom. The molecule has 2 aromatic rings. The highest BCUT2D eigenvalue weighted by Gasteiger charge is 2.23. The topological polar surface area (TPSA) is 32.7 Å². The molecule has 0 spiro atoms. The molecule has 0 radical (unpaired) electrons. The molecule has 2 rings (SSSR count). The molecule has 0 heterocycles. The van der Waals surface area contributed by atoms with Gasteiger partial charge in [0, 0.05) is 3.57 Å². The van der Waals surface area contributed by atoms with Crippen LogP contribution in [0.5, 0.6) is 0 Å². The van der Waals surface area contributed by atoms with E-state index in [9.17, 15) is 13.9 Å². The van der Waals surface area contributed by atoms with E-state index in [1.807, 2.05) is 19.1 Å². The smallest absolute Gasteiger partial charge is 0.186 e. The molecule has 3 nitrogen and oxygen atoms in total. The van der Waals surface area contributed by atoms with Gasteiger partial charge in [0.2, 0.25) is 0 Å². The first-order chi connectivity index (χ1) is 11.1. The molecule has 0 amide bonds. The van der Waals surface area contributed by atoms with Crippen LogP contribution >= 0.6 is 38.5 Å². The SMILES string of the molecule is Cc1cc(I)ccc1N(OCC(C)(C)O)c1ccc(Br)c(F)c1F. The number of aliphatic hydroxyl groups is 1. The van der Waals surface area contributed by atoms with E-state index in [0.717, 1.165) is 9.13 Å². The lowest BCUT2D eigenvalue weighted by Crippen LogP contribution is -2.32. The summed E-state index contributed by atoms with van der Waals surface area (Å²) in [6.07, 6.45) is 0. The van der Waals surface area contributed by atoms with Gasteiger partial charge in [0.1, 0.15) is 12.3 Å². The molecule has 2 aromatic carbocycles. The zero-order valence-electron chi connectivity index (χ0n) is 13.4. The molecule has 0 saturated heterocycles. The maximum atomic E-state index is 14.4. The molecule has 130 valence electrons. The third-order valence-electron chi connectivity index (χ3n) is 3.16. The summed E-state index contributed by atoms with van der Waals surface area (Å²) < 4.78 is 29.4. The van der Waals surface area contributed by atoms with E-state index in [1.54, 1.807) is 19.9 Å². The van der Waals surface area contributed by atoms with Crippen LogP contribution in [-0.4, -0.2) is 17.3 Å². The highest BCUT2D eigenvalue weighted by Crippen LogP contribution is 2.34. The van der Waals surface area contributed by atoms with Gasteiger partial charge in [-0.2, -0.15) is 0 Å².